The van der Waals surface area contributed by atoms with Gasteiger partial charge < -0.3 is 10.5 Å². The summed E-state index contributed by atoms with van der Waals surface area (Å²) in [5.74, 6) is -2.88. The Balaban J connectivity index is 2.69. The molecule has 1 aromatic rings. The van der Waals surface area contributed by atoms with E-state index >= 15 is 0 Å². The van der Waals surface area contributed by atoms with Crippen LogP contribution in [0.25, 0.3) is 0 Å². The van der Waals surface area contributed by atoms with Gasteiger partial charge in [0.1, 0.15) is 0 Å². The highest BCUT2D eigenvalue weighted by Gasteiger charge is 2.25. The number of ether oxygens (including phenoxy) is 1. The predicted molar refractivity (Wildman–Crippen MR) is 57.5 cm³/mol. The molecule has 0 radical (unpaired) electrons. The van der Waals surface area contributed by atoms with Gasteiger partial charge in [0.15, 0.2) is 6.61 Å². The number of nitrogens with two attached hydrogens (primary N) is 1. The van der Waals surface area contributed by atoms with Crippen molar-refractivity contribution in [3.63, 3.8) is 0 Å². The van der Waals surface area contributed by atoms with E-state index in [2.05, 4.69) is 11.6 Å². The molecule has 0 aliphatic heterocycles. The summed E-state index contributed by atoms with van der Waals surface area (Å²) in [6.07, 6.45) is 0.550. The smallest absolute Gasteiger partial charge is 0.299 e. The first-order valence-corrected chi connectivity index (χ1v) is 4.79. The maximum absolute atomic E-state index is 12.8. The number of nitrogens with zero attached hydrogens (tertiary/aromatic N) is 1. The average Bonchev–Trinajstić information content (AvgIpc) is 2.27. The number of aryl methyl sites for hydroxylation is 1. The second-order valence-electron chi connectivity index (χ2n) is 3.35. The topological polar surface area (TPSA) is 48.1 Å². The normalized spacial score (nSPS) is 11.2. The van der Waals surface area contributed by atoms with E-state index in [9.17, 15) is 8.78 Å². The van der Waals surface area contributed by atoms with Crippen LogP contribution in [0.2, 0.25) is 0 Å². The predicted octanol–water partition coefficient (Wildman–Crippen LogP) is 2.05. The van der Waals surface area contributed by atoms with Crippen LogP contribution in [0.1, 0.15) is 11.3 Å². The van der Waals surface area contributed by atoms with Crippen LogP contribution in [-0.2, 0) is 6.54 Å². The number of halogens is 2. The average molecular weight is 228 g/mol. The van der Waals surface area contributed by atoms with Gasteiger partial charge in [-0.25, -0.2) is 4.98 Å². The number of aromatic nitrogens is 1. The van der Waals surface area contributed by atoms with E-state index in [0.29, 0.717) is 18.3 Å². The minimum atomic E-state index is -3.04. The summed E-state index contributed by atoms with van der Waals surface area (Å²) in [6, 6.07) is 3.23. The lowest BCUT2D eigenvalue weighted by Gasteiger charge is -2.13. The first-order valence-electron chi connectivity index (χ1n) is 4.79. The van der Waals surface area contributed by atoms with Crippen LogP contribution >= 0.6 is 0 Å². The van der Waals surface area contributed by atoms with Crippen LogP contribution in [0.5, 0.6) is 5.88 Å². The molecule has 2 N–H and O–H groups in total. The van der Waals surface area contributed by atoms with Crippen molar-refractivity contribution in [2.45, 2.75) is 19.4 Å². The van der Waals surface area contributed by atoms with Crippen molar-refractivity contribution in [3.05, 3.63) is 36.0 Å². The first kappa shape index (κ1) is 12.6. The van der Waals surface area contributed by atoms with Crippen LogP contribution in [0.15, 0.2) is 24.8 Å². The summed E-state index contributed by atoms with van der Waals surface area (Å²) >= 11 is 0. The third kappa shape index (κ3) is 3.27. The molecular weight excluding hydrogens is 214 g/mol. The maximum atomic E-state index is 12.8. The minimum Gasteiger partial charge on any atom is -0.471 e. The van der Waals surface area contributed by atoms with E-state index in [0.717, 1.165) is 5.56 Å². The fourth-order valence-corrected chi connectivity index (χ4v) is 1.09. The Kier molecular flexibility index (Phi) is 3.95. The summed E-state index contributed by atoms with van der Waals surface area (Å²) in [4.78, 5) is 4.01. The molecule has 1 aromatic heterocycles. The van der Waals surface area contributed by atoms with Gasteiger partial charge in [0.05, 0.1) is 0 Å². The highest BCUT2D eigenvalue weighted by atomic mass is 19.3. The fourth-order valence-electron chi connectivity index (χ4n) is 1.09. The monoisotopic (exact) mass is 228 g/mol. The lowest BCUT2D eigenvalue weighted by molar-refractivity contribution is 0.00389. The highest BCUT2D eigenvalue weighted by molar-refractivity contribution is 5.24. The molecule has 3 nitrogen and oxygen atoms in total. The van der Waals surface area contributed by atoms with Crippen molar-refractivity contribution in [1.29, 1.82) is 0 Å². The maximum Gasteiger partial charge on any atom is 0.299 e. The quantitative estimate of drug-likeness (QED) is 0.784. The molecule has 1 rings (SSSR count). The lowest BCUT2D eigenvalue weighted by Crippen LogP contribution is -2.22. The zero-order valence-electron chi connectivity index (χ0n) is 9.04. The molecule has 0 bridgehead atoms. The fraction of sp³-hybridized carbons (Fsp3) is 0.364. The summed E-state index contributed by atoms with van der Waals surface area (Å²) < 4.78 is 30.5. The summed E-state index contributed by atoms with van der Waals surface area (Å²) in [5.41, 5.74) is 7.00. The van der Waals surface area contributed by atoms with Crippen LogP contribution < -0.4 is 10.5 Å². The molecular formula is C11H14F2N2O. The van der Waals surface area contributed by atoms with Gasteiger partial charge in [-0.2, -0.15) is 8.78 Å². The van der Waals surface area contributed by atoms with Crippen LogP contribution in [0.3, 0.4) is 0 Å². The van der Waals surface area contributed by atoms with E-state index < -0.39 is 12.5 Å². The molecule has 5 heteroatoms. The first-order chi connectivity index (χ1) is 7.48. The number of hydrogen-bond acceptors (Lipinski definition) is 3. The number of rotatable bonds is 5. The molecule has 0 aliphatic carbocycles. The highest BCUT2D eigenvalue weighted by Crippen LogP contribution is 2.18. The van der Waals surface area contributed by atoms with Crippen molar-refractivity contribution < 1.29 is 13.5 Å². The van der Waals surface area contributed by atoms with Gasteiger partial charge >= 0.3 is 0 Å². The third-order valence-corrected chi connectivity index (χ3v) is 2.10. The second kappa shape index (κ2) is 5.03. The van der Waals surface area contributed by atoms with Gasteiger partial charge in [0.2, 0.25) is 5.88 Å². The Hall–Kier alpha value is -1.49. The van der Waals surface area contributed by atoms with E-state index in [-0.39, 0.29) is 5.88 Å². The summed E-state index contributed by atoms with van der Waals surface area (Å²) in [5, 5.41) is 0. The molecule has 0 spiro atoms. The Morgan fingerprint density at radius 3 is 2.75 bits per heavy atom. The zero-order valence-corrected chi connectivity index (χ0v) is 9.04. The van der Waals surface area contributed by atoms with Crippen molar-refractivity contribution in [2.75, 3.05) is 6.61 Å². The van der Waals surface area contributed by atoms with Crippen LogP contribution in [-0.4, -0.2) is 17.5 Å². The molecule has 0 amide bonds. The second-order valence-corrected chi connectivity index (χ2v) is 3.35. The molecule has 0 saturated carbocycles. The van der Waals surface area contributed by atoms with E-state index in [1.54, 1.807) is 13.0 Å². The molecule has 16 heavy (non-hydrogen) atoms. The number of alkyl halides is 2. The molecule has 0 saturated heterocycles. The van der Waals surface area contributed by atoms with E-state index in [1.165, 1.54) is 6.07 Å². The third-order valence-electron chi connectivity index (χ3n) is 2.10. The SMILES string of the molecule is C=CC(F)(F)COc1ccc(CN)c(C)n1. The largest absolute Gasteiger partial charge is 0.471 e. The van der Waals surface area contributed by atoms with Crippen molar-refractivity contribution >= 4 is 0 Å². The Morgan fingerprint density at radius 1 is 1.56 bits per heavy atom. The molecule has 0 atom stereocenters. The van der Waals surface area contributed by atoms with Gasteiger partial charge in [-0.3, -0.25) is 0 Å². The zero-order chi connectivity index (χ0) is 12.2. The number of hydrogen-bond donors (Lipinski definition) is 1. The summed E-state index contributed by atoms with van der Waals surface area (Å²) in [7, 11) is 0. The van der Waals surface area contributed by atoms with Gasteiger partial charge in [0, 0.05) is 18.3 Å². The Morgan fingerprint density at radius 2 is 2.25 bits per heavy atom. The van der Waals surface area contributed by atoms with Crippen LogP contribution in [0, 0.1) is 6.92 Å². The van der Waals surface area contributed by atoms with Crippen LogP contribution in [0.4, 0.5) is 8.78 Å². The van der Waals surface area contributed by atoms with E-state index in [1.807, 2.05) is 0 Å². The molecule has 0 fully saturated rings. The number of pyridine rings is 1. The minimum absolute atomic E-state index is 0.163. The van der Waals surface area contributed by atoms with Gasteiger partial charge in [-0.05, 0) is 18.6 Å². The van der Waals surface area contributed by atoms with Gasteiger partial charge in [0.25, 0.3) is 5.92 Å². The standard InChI is InChI=1S/C11H14F2N2O/c1-3-11(12,13)7-16-10-5-4-9(6-14)8(2)15-10/h3-5H,1,6-7,14H2,2H3. The van der Waals surface area contributed by atoms with E-state index in [4.69, 9.17) is 10.5 Å². The molecule has 0 aromatic carbocycles. The molecule has 88 valence electrons. The van der Waals surface area contributed by atoms with Crippen molar-refractivity contribution in [2.24, 2.45) is 5.73 Å². The molecule has 1 heterocycles. The molecule has 0 unspecified atom stereocenters. The summed E-state index contributed by atoms with van der Waals surface area (Å²) in [6.45, 7) is 4.38. The van der Waals surface area contributed by atoms with Crippen molar-refractivity contribution in [3.8, 4) is 5.88 Å². The van der Waals surface area contributed by atoms with Gasteiger partial charge in [-0.15, -0.1) is 0 Å². The van der Waals surface area contributed by atoms with Crippen molar-refractivity contribution in [1.82, 2.24) is 4.98 Å². The van der Waals surface area contributed by atoms with Gasteiger partial charge in [-0.1, -0.05) is 12.6 Å². The Labute approximate surface area is 92.9 Å². The lowest BCUT2D eigenvalue weighted by atomic mass is 10.2. The molecule has 0 aliphatic rings. The Bertz CT molecular complexity index is 380.